The van der Waals surface area contributed by atoms with Crippen molar-refractivity contribution >= 4 is 23.3 Å². The first kappa shape index (κ1) is 13.6. The van der Waals surface area contributed by atoms with Crippen LogP contribution in [0.2, 0.25) is 0 Å². The lowest BCUT2D eigenvalue weighted by atomic mass is 10.0. The van der Waals surface area contributed by atoms with Gasteiger partial charge in [0.15, 0.2) is 0 Å². The standard InChI is InChI=1S/C12H14N4O2S/c13-7-10-1-4-14-12(11(10)16(17)18)15-8-9-2-5-19-6-3-9/h1,4,9H,2-3,5-6,8H2,(H,14,15). The van der Waals surface area contributed by atoms with Crippen molar-refractivity contribution in [2.45, 2.75) is 12.8 Å². The molecule has 100 valence electrons. The fourth-order valence-corrected chi connectivity index (χ4v) is 3.25. The molecule has 0 unspecified atom stereocenters. The zero-order valence-corrected chi connectivity index (χ0v) is 11.2. The third kappa shape index (κ3) is 3.35. The van der Waals surface area contributed by atoms with Crippen LogP contribution in [0.25, 0.3) is 0 Å². The summed E-state index contributed by atoms with van der Waals surface area (Å²) in [5, 5.41) is 22.9. The molecule has 1 aromatic rings. The molecule has 1 aromatic heterocycles. The van der Waals surface area contributed by atoms with Crippen molar-refractivity contribution in [2.75, 3.05) is 23.4 Å². The summed E-state index contributed by atoms with van der Waals surface area (Å²) in [5.41, 5.74) is -0.183. The predicted octanol–water partition coefficient (Wildman–Crippen LogP) is 2.42. The molecular formula is C12H14N4O2S. The molecule has 0 radical (unpaired) electrons. The van der Waals surface area contributed by atoms with Crippen LogP contribution in [0.15, 0.2) is 12.3 Å². The normalized spacial score (nSPS) is 15.7. The molecule has 2 heterocycles. The van der Waals surface area contributed by atoms with Crippen LogP contribution in [0.5, 0.6) is 0 Å². The summed E-state index contributed by atoms with van der Waals surface area (Å²) in [6.45, 7) is 0.670. The zero-order chi connectivity index (χ0) is 13.7. The molecule has 1 saturated heterocycles. The van der Waals surface area contributed by atoms with Crippen molar-refractivity contribution in [1.29, 1.82) is 5.26 Å². The van der Waals surface area contributed by atoms with E-state index in [0.717, 1.165) is 24.3 Å². The molecule has 6 nitrogen and oxygen atoms in total. The summed E-state index contributed by atoms with van der Waals surface area (Å²) >= 11 is 1.94. The Bertz CT molecular complexity index is 509. The van der Waals surface area contributed by atoms with Crippen LogP contribution >= 0.6 is 11.8 Å². The molecule has 7 heteroatoms. The van der Waals surface area contributed by atoms with E-state index in [2.05, 4.69) is 10.3 Å². The highest BCUT2D eigenvalue weighted by atomic mass is 32.2. The van der Waals surface area contributed by atoms with Crippen molar-refractivity contribution in [3.05, 3.63) is 27.9 Å². The average Bonchev–Trinajstić information content (AvgIpc) is 2.45. The van der Waals surface area contributed by atoms with E-state index in [-0.39, 0.29) is 17.1 Å². The molecule has 1 aliphatic rings. The van der Waals surface area contributed by atoms with Crippen molar-refractivity contribution < 1.29 is 4.92 Å². The maximum absolute atomic E-state index is 11.0. The van der Waals surface area contributed by atoms with E-state index in [1.807, 2.05) is 17.8 Å². The topological polar surface area (TPSA) is 91.8 Å². The van der Waals surface area contributed by atoms with Gasteiger partial charge in [-0.05, 0) is 36.3 Å². The number of nitro groups is 1. The molecule has 1 N–H and O–H groups in total. The number of nitrogens with zero attached hydrogens (tertiary/aromatic N) is 3. The van der Waals surface area contributed by atoms with Gasteiger partial charge in [-0.3, -0.25) is 10.1 Å². The van der Waals surface area contributed by atoms with Gasteiger partial charge in [-0.15, -0.1) is 0 Å². The minimum atomic E-state index is -0.551. The molecule has 0 aliphatic carbocycles. The number of pyridine rings is 1. The molecule has 0 aromatic carbocycles. The minimum Gasteiger partial charge on any atom is -0.364 e. The summed E-state index contributed by atoms with van der Waals surface area (Å²) in [7, 11) is 0. The molecule has 0 atom stereocenters. The minimum absolute atomic E-state index is 0.0432. The van der Waals surface area contributed by atoms with E-state index in [0.29, 0.717) is 12.5 Å². The van der Waals surface area contributed by atoms with Gasteiger partial charge < -0.3 is 5.32 Å². The van der Waals surface area contributed by atoms with Crippen LogP contribution in [-0.2, 0) is 0 Å². The number of nitriles is 1. The van der Waals surface area contributed by atoms with Gasteiger partial charge in [-0.1, -0.05) is 0 Å². The van der Waals surface area contributed by atoms with E-state index in [1.165, 1.54) is 12.3 Å². The largest absolute Gasteiger partial charge is 0.364 e. The Morgan fingerprint density at radius 3 is 2.95 bits per heavy atom. The van der Waals surface area contributed by atoms with Crippen molar-refractivity contribution in [1.82, 2.24) is 4.98 Å². The lowest BCUT2D eigenvalue weighted by molar-refractivity contribution is -0.384. The van der Waals surface area contributed by atoms with Gasteiger partial charge in [0.2, 0.25) is 5.82 Å². The maximum Gasteiger partial charge on any atom is 0.328 e. The molecule has 0 bridgehead atoms. The number of nitrogens with one attached hydrogen (secondary N) is 1. The summed E-state index contributed by atoms with van der Waals surface area (Å²) in [6.07, 6.45) is 3.65. The lowest BCUT2D eigenvalue weighted by Crippen LogP contribution is -2.20. The second kappa shape index (κ2) is 6.38. The molecular weight excluding hydrogens is 264 g/mol. The fourth-order valence-electron chi connectivity index (χ4n) is 2.05. The van der Waals surface area contributed by atoms with Gasteiger partial charge in [0, 0.05) is 12.7 Å². The fraction of sp³-hybridized carbons (Fsp3) is 0.500. The van der Waals surface area contributed by atoms with E-state index < -0.39 is 4.92 Å². The van der Waals surface area contributed by atoms with Crippen LogP contribution < -0.4 is 5.32 Å². The predicted molar refractivity (Wildman–Crippen MR) is 74.1 cm³/mol. The summed E-state index contributed by atoms with van der Waals surface area (Å²) in [4.78, 5) is 14.5. The highest BCUT2D eigenvalue weighted by Gasteiger charge is 2.22. The van der Waals surface area contributed by atoms with Crippen LogP contribution in [0.1, 0.15) is 18.4 Å². The third-order valence-corrected chi connectivity index (χ3v) is 4.18. The van der Waals surface area contributed by atoms with Gasteiger partial charge in [0.1, 0.15) is 11.6 Å². The number of hydrogen-bond donors (Lipinski definition) is 1. The number of aromatic nitrogens is 1. The maximum atomic E-state index is 11.0. The Labute approximate surface area is 115 Å². The number of hydrogen-bond acceptors (Lipinski definition) is 6. The molecule has 2 rings (SSSR count). The van der Waals surface area contributed by atoms with Crippen LogP contribution in [-0.4, -0.2) is 28.0 Å². The van der Waals surface area contributed by atoms with Gasteiger partial charge in [0.05, 0.1) is 4.92 Å². The van der Waals surface area contributed by atoms with Crippen molar-refractivity contribution in [3.63, 3.8) is 0 Å². The average molecular weight is 278 g/mol. The molecule has 0 amide bonds. The summed E-state index contributed by atoms with van der Waals surface area (Å²) < 4.78 is 0. The molecule has 1 aliphatic heterocycles. The first-order chi connectivity index (χ1) is 9.22. The lowest BCUT2D eigenvalue weighted by Gasteiger charge is -2.21. The molecule has 0 saturated carbocycles. The van der Waals surface area contributed by atoms with Crippen LogP contribution in [0, 0.1) is 27.4 Å². The van der Waals surface area contributed by atoms with E-state index >= 15 is 0 Å². The Morgan fingerprint density at radius 1 is 1.58 bits per heavy atom. The molecule has 1 fully saturated rings. The van der Waals surface area contributed by atoms with Gasteiger partial charge in [-0.25, -0.2) is 4.98 Å². The molecule has 0 spiro atoms. The quantitative estimate of drug-likeness (QED) is 0.671. The molecule has 19 heavy (non-hydrogen) atoms. The first-order valence-electron chi connectivity index (χ1n) is 6.07. The Hall–Kier alpha value is -1.81. The second-order valence-corrected chi connectivity index (χ2v) is 5.59. The first-order valence-corrected chi connectivity index (χ1v) is 7.23. The van der Waals surface area contributed by atoms with E-state index in [1.54, 1.807) is 0 Å². The van der Waals surface area contributed by atoms with Crippen molar-refractivity contribution in [2.24, 2.45) is 5.92 Å². The van der Waals surface area contributed by atoms with E-state index in [9.17, 15) is 10.1 Å². The smallest absolute Gasteiger partial charge is 0.328 e. The SMILES string of the molecule is N#Cc1ccnc(NCC2CCSCC2)c1[N+](=O)[O-]. The Balaban J connectivity index is 2.11. The number of rotatable bonds is 4. The number of anilines is 1. The summed E-state index contributed by atoms with van der Waals surface area (Å²) in [6, 6.07) is 3.19. The third-order valence-electron chi connectivity index (χ3n) is 3.13. The Morgan fingerprint density at radius 2 is 2.32 bits per heavy atom. The van der Waals surface area contributed by atoms with Crippen LogP contribution in [0.3, 0.4) is 0 Å². The van der Waals surface area contributed by atoms with Gasteiger partial charge in [-0.2, -0.15) is 17.0 Å². The Kier molecular flexibility index (Phi) is 4.58. The van der Waals surface area contributed by atoms with Gasteiger partial charge in [0.25, 0.3) is 0 Å². The van der Waals surface area contributed by atoms with Crippen molar-refractivity contribution in [3.8, 4) is 6.07 Å². The zero-order valence-electron chi connectivity index (χ0n) is 10.3. The van der Waals surface area contributed by atoms with Gasteiger partial charge >= 0.3 is 5.69 Å². The monoisotopic (exact) mass is 278 g/mol. The summed E-state index contributed by atoms with van der Waals surface area (Å²) in [5.74, 6) is 3.00. The second-order valence-electron chi connectivity index (χ2n) is 4.36. The van der Waals surface area contributed by atoms with E-state index in [4.69, 9.17) is 5.26 Å². The van der Waals surface area contributed by atoms with Crippen LogP contribution in [0.4, 0.5) is 11.5 Å². The highest BCUT2D eigenvalue weighted by Crippen LogP contribution is 2.27. The number of thioether (sulfide) groups is 1. The highest BCUT2D eigenvalue weighted by molar-refractivity contribution is 7.99.